The SMILES string of the molecule is CCCCOCCOCCOCCNC(C)(C)CCCl. The van der Waals surface area contributed by atoms with Gasteiger partial charge in [0.25, 0.3) is 0 Å². The van der Waals surface area contributed by atoms with Gasteiger partial charge in [0.15, 0.2) is 0 Å². The summed E-state index contributed by atoms with van der Waals surface area (Å²) in [5.41, 5.74) is 0.0808. The molecule has 5 heteroatoms. The molecule has 0 aromatic heterocycles. The molecule has 0 aliphatic carbocycles. The van der Waals surface area contributed by atoms with Crippen LogP contribution in [0, 0.1) is 0 Å². The van der Waals surface area contributed by atoms with Gasteiger partial charge in [-0.05, 0) is 26.7 Å². The molecule has 0 aliphatic rings. The first-order chi connectivity index (χ1) is 9.62. The predicted molar refractivity (Wildman–Crippen MR) is 84.8 cm³/mol. The molecule has 0 unspecified atom stereocenters. The van der Waals surface area contributed by atoms with Gasteiger partial charge in [-0.15, -0.1) is 11.6 Å². The Hall–Kier alpha value is 0.130. The summed E-state index contributed by atoms with van der Waals surface area (Å²) < 4.78 is 16.3. The van der Waals surface area contributed by atoms with Gasteiger partial charge in [0.2, 0.25) is 0 Å². The lowest BCUT2D eigenvalue weighted by atomic mass is 10.0. The Bertz CT molecular complexity index is 204. The minimum Gasteiger partial charge on any atom is -0.379 e. The van der Waals surface area contributed by atoms with Gasteiger partial charge in [0.1, 0.15) is 0 Å². The van der Waals surface area contributed by atoms with Crippen LogP contribution >= 0.6 is 11.6 Å². The van der Waals surface area contributed by atoms with E-state index in [1.54, 1.807) is 0 Å². The van der Waals surface area contributed by atoms with E-state index in [4.69, 9.17) is 25.8 Å². The van der Waals surface area contributed by atoms with E-state index in [0.29, 0.717) is 38.9 Å². The first kappa shape index (κ1) is 20.1. The minimum absolute atomic E-state index is 0.0808. The molecular weight excluding hydrogens is 278 g/mol. The number of nitrogens with one attached hydrogen (secondary N) is 1. The molecular formula is C15H32ClNO3. The van der Waals surface area contributed by atoms with Crippen LogP contribution in [0.3, 0.4) is 0 Å². The van der Waals surface area contributed by atoms with Crippen molar-refractivity contribution in [2.24, 2.45) is 0 Å². The zero-order valence-corrected chi connectivity index (χ0v) is 14.1. The molecule has 0 spiro atoms. The number of unbranched alkanes of at least 4 members (excludes halogenated alkanes) is 1. The second-order valence-corrected chi connectivity index (χ2v) is 5.82. The molecule has 4 nitrogen and oxygen atoms in total. The molecule has 122 valence electrons. The average molecular weight is 310 g/mol. The number of rotatable bonds is 15. The molecule has 0 atom stereocenters. The van der Waals surface area contributed by atoms with Crippen molar-refractivity contribution in [3.8, 4) is 0 Å². The van der Waals surface area contributed by atoms with Crippen molar-refractivity contribution in [3.05, 3.63) is 0 Å². The zero-order chi connectivity index (χ0) is 15.1. The fourth-order valence-corrected chi connectivity index (χ4v) is 2.05. The highest BCUT2D eigenvalue weighted by Crippen LogP contribution is 2.08. The van der Waals surface area contributed by atoms with Gasteiger partial charge >= 0.3 is 0 Å². The van der Waals surface area contributed by atoms with E-state index < -0.39 is 0 Å². The summed E-state index contributed by atoms with van der Waals surface area (Å²) in [6.45, 7) is 11.4. The van der Waals surface area contributed by atoms with Crippen LogP contribution < -0.4 is 5.32 Å². The van der Waals surface area contributed by atoms with E-state index in [2.05, 4.69) is 26.1 Å². The molecule has 0 fully saturated rings. The molecule has 0 aromatic carbocycles. The van der Waals surface area contributed by atoms with Crippen molar-refractivity contribution in [2.45, 2.75) is 45.6 Å². The molecule has 0 aromatic rings. The lowest BCUT2D eigenvalue weighted by Gasteiger charge is -2.25. The van der Waals surface area contributed by atoms with Gasteiger partial charge in [0.05, 0.1) is 33.0 Å². The van der Waals surface area contributed by atoms with Gasteiger partial charge in [-0.1, -0.05) is 13.3 Å². The van der Waals surface area contributed by atoms with Crippen molar-refractivity contribution >= 4 is 11.6 Å². The largest absolute Gasteiger partial charge is 0.379 e. The third kappa shape index (κ3) is 14.5. The highest BCUT2D eigenvalue weighted by molar-refractivity contribution is 6.17. The maximum atomic E-state index is 5.74. The van der Waals surface area contributed by atoms with Crippen LogP contribution in [0.2, 0.25) is 0 Å². The normalized spacial score (nSPS) is 12.0. The van der Waals surface area contributed by atoms with Crippen LogP contribution in [0.15, 0.2) is 0 Å². The smallest absolute Gasteiger partial charge is 0.0701 e. The van der Waals surface area contributed by atoms with Crippen LogP contribution in [0.5, 0.6) is 0 Å². The summed E-state index contributed by atoms with van der Waals surface area (Å²) in [6.07, 6.45) is 3.25. The van der Waals surface area contributed by atoms with Crippen LogP contribution in [-0.2, 0) is 14.2 Å². The molecule has 0 radical (unpaired) electrons. The first-order valence-corrected chi connectivity index (χ1v) is 8.20. The van der Waals surface area contributed by atoms with Crippen LogP contribution in [-0.4, -0.2) is 57.6 Å². The van der Waals surface area contributed by atoms with Gasteiger partial charge in [-0.2, -0.15) is 0 Å². The monoisotopic (exact) mass is 309 g/mol. The molecule has 0 bridgehead atoms. The maximum Gasteiger partial charge on any atom is 0.0701 e. The molecule has 0 saturated heterocycles. The van der Waals surface area contributed by atoms with Gasteiger partial charge in [0, 0.05) is 24.6 Å². The Morgan fingerprint density at radius 2 is 1.45 bits per heavy atom. The summed E-state index contributed by atoms with van der Waals surface area (Å²) in [4.78, 5) is 0. The van der Waals surface area contributed by atoms with Gasteiger partial charge in [-0.3, -0.25) is 0 Å². The first-order valence-electron chi connectivity index (χ1n) is 7.66. The standard InChI is InChI=1S/C15H32ClNO3/c1-4-5-9-18-11-13-20-14-12-19-10-8-17-15(2,3)6-7-16/h17H,4-14H2,1-3H3. The second kappa shape index (κ2) is 14.1. The lowest BCUT2D eigenvalue weighted by Crippen LogP contribution is -2.41. The Balaban J connectivity index is 3.13. The molecule has 0 heterocycles. The van der Waals surface area contributed by atoms with Gasteiger partial charge in [-0.25, -0.2) is 0 Å². The molecule has 0 rings (SSSR count). The molecule has 0 amide bonds. The number of ether oxygens (including phenoxy) is 3. The van der Waals surface area contributed by atoms with E-state index in [-0.39, 0.29) is 5.54 Å². The van der Waals surface area contributed by atoms with E-state index in [9.17, 15) is 0 Å². The van der Waals surface area contributed by atoms with Crippen molar-refractivity contribution < 1.29 is 14.2 Å². The van der Waals surface area contributed by atoms with E-state index in [1.807, 2.05) is 0 Å². The van der Waals surface area contributed by atoms with E-state index in [1.165, 1.54) is 6.42 Å². The minimum atomic E-state index is 0.0808. The molecule has 20 heavy (non-hydrogen) atoms. The Morgan fingerprint density at radius 1 is 0.900 bits per heavy atom. The third-order valence-corrected chi connectivity index (χ3v) is 3.14. The van der Waals surface area contributed by atoms with Crippen LogP contribution in [0.4, 0.5) is 0 Å². The quantitative estimate of drug-likeness (QED) is 0.373. The van der Waals surface area contributed by atoms with E-state index >= 15 is 0 Å². The summed E-state index contributed by atoms with van der Waals surface area (Å²) in [6, 6.07) is 0. The van der Waals surface area contributed by atoms with Gasteiger partial charge < -0.3 is 19.5 Å². The second-order valence-electron chi connectivity index (χ2n) is 5.44. The molecule has 1 N–H and O–H groups in total. The zero-order valence-electron chi connectivity index (χ0n) is 13.4. The van der Waals surface area contributed by atoms with Crippen molar-refractivity contribution in [2.75, 3.05) is 52.1 Å². The third-order valence-electron chi connectivity index (χ3n) is 2.96. The maximum absolute atomic E-state index is 5.74. The van der Waals surface area contributed by atoms with Crippen LogP contribution in [0.25, 0.3) is 0 Å². The average Bonchev–Trinajstić information content (AvgIpc) is 2.40. The molecule has 0 saturated carbocycles. The number of alkyl halides is 1. The highest BCUT2D eigenvalue weighted by Gasteiger charge is 2.14. The number of hydrogen-bond donors (Lipinski definition) is 1. The summed E-state index contributed by atoms with van der Waals surface area (Å²) >= 11 is 5.74. The number of halogens is 1. The Kier molecular flexibility index (Phi) is 14.2. The van der Waals surface area contributed by atoms with Crippen molar-refractivity contribution in [1.29, 1.82) is 0 Å². The predicted octanol–water partition coefficient (Wildman–Crippen LogP) is 2.83. The molecule has 0 aliphatic heterocycles. The fourth-order valence-electron chi connectivity index (χ4n) is 1.57. The lowest BCUT2D eigenvalue weighted by molar-refractivity contribution is 0.0140. The summed E-state index contributed by atoms with van der Waals surface area (Å²) in [7, 11) is 0. The Morgan fingerprint density at radius 3 is 2.00 bits per heavy atom. The van der Waals surface area contributed by atoms with E-state index in [0.717, 1.165) is 26.0 Å². The number of hydrogen-bond acceptors (Lipinski definition) is 4. The summed E-state index contributed by atoms with van der Waals surface area (Å²) in [5, 5.41) is 3.42. The fraction of sp³-hybridized carbons (Fsp3) is 1.00. The topological polar surface area (TPSA) is 39.7 Å². The van der Waals surface area contributed by atoms with Crippen LogP contribution in [0.1, 0.15) is 40.0 Å². The Labute approximate surface area is 129 Å². The van der Waals surface area contributed by atoms with Crippen molar-refractivity contribution in [3.63, 3.8) is 0 Å². The van der Waals surface area contributed by atoms with Crippen molar-refractivity contribution in [1.82, 2.24) is 5.32 Å². The highest BCUT2D eigenvalue weighted by atomic mass is 35.5. The summed E-state index contributed by atoms with van der Waals surface area (Å²) in [5.74, 6) is 0.676.